The van der Waals surface area contributed by atoms with Gasteiger partial charge in [-0.25, -0.2) is 0 Å². The van der Waals surface area contributed by atoms with Gasteiger partial charge in [0.2, 0.25) is 5.01 Å². The number of ether oxygens (including phenoxy) is 1. The maximum Gasteiger partial charge on any atom is 0.392 e. The molecule has 0 atom stereocenters. The molecule has 2 rings (SSSR count). The molecule has 0 spiro atoms. The van der Waals surface area contributed by atoms with Crippen LogP contribution in [0.2, 0.25) is 0 Å². The number of fused-ring (bicyclic) bond motifs is 1. The van der Waals surface area contributed by atoms with Crippen molar-refractivity contribution >= 4 is 10.8 Å². The highest BCUT2D eigenvalue weighted by molar-refractivity contribution is 5.90. The number of hydrogen-bond acceptors (Lipinski definition) is 2. The first-order chi connectivity index (χ1) is 7.36. The molecular weight excluding hydrogens is 190 g/mol. The molecule has 1 N–H and O–H groups in total. The van der Waals surface area contributed by atoms with Crippen molar-refractivity contribution in [3.05, 3.63) is 47.0 Å². The van der Waals surface area contributed by atoms with Gasteiger partial charge < -0.3 is 4.74 Å². The average Bonchev–Trinajstić information content (AvgIpc) is 2.30. The molecular formula is C12H10NO2+. The molecule has 0 aliphatic carbocycles. The van der Waals surface area contributed by atoms with E-state index < -0.39 is 0 Å². The van der Waals surface area contributed by atoms with Crippen LogP contribution in [0.5, 0.6) is 5.75 Å². The molecule has 2 aromatic carbocycles. The van der Waals surface area contributed by atoms with Gasteiger partial charge in [0.15, 0.2) is 5.56 Å². The summed E-state index contributed by atoms with van der Waals surface area (Å²) in [6, 6.07) is 14.1. The minimum Gasteiger partial charge on any atom is -0.495 e. The predicted octanol–water partition coefficient (Wildman–Crippen LogP) is 2.92. The minimum absolute atomic E-state index is 0.645. The molecule has 0 aliphatic heterocycles. The molecule has 0 aliphatic rings. The van der Waals surface area contributed by atoms with Crippen molar-refractivity contribution in [3.8, 4) is 11.8 Å². The Morgan fingerprint density at radius 2 is 2.00 bits per heavy atom. The molecule has 2 aromatic rings. The summed E-state index contributed by atoms with van der Waals surface area (Å²) in [5.41, 5.74) is 0.665. The van der Waals surface area contributed by atoms with Crippen LogP contribution >= 0.6 is 0 Å². The van der Waals surface area contributed by atoms with Crippen LogP contribution in [-0.2, 0) is 0 Å². The fourth-order valence-electron chi connectivity index (χ4n) is 1.59. The summed E-state index contributed by atoms with van der Waals surface area (Å²) in [6.07, 6.45) is 0. The van der Waals surface area contributed by atoms with Crippen LogP contribution < -0.4 is 4.74 Å². The van der Waals surface area contributed by atoms with Gasteiger partial charge in [-0.15, -0.1) is 0 Å². The van der Waals surface area contributed by atoms with E-state index in [4.69, 9.17) is 9.94 Å². The Kier molecular flexibility index (Phi) is 2.42. The van der Waals surface area contributed by atoms with Crippen molar-refractivity contribution in [1.29, 1.82) is 0 Å². The van der Waals surface area contributed by atoms with Crippen LogP contribution in [0.3, 0.4) is 0 Å². The minimum atomic E-state index is 0.645. The van der Waals surface area contributed by atoms with Crippen molar-refractivity contribution in [2.45, 2.75) is 0 Å². The number of hydrogen-bond donors (Lipinski definition) is 1. The van der Waals surface area contributed by atoms with Crippen LogP contribution in [-0.4, -0.2) is 12.3 Å². The third-order valence-electron chi connectivity index (χ3n) is 2.27. The molecule has 0 fully saturated rings. The SMILES string of the molecule is COc1ccc2ccccc2c1C#[N+]O. The van der Waals surface area contributed by atoms with E-state index in [9.17, 15) is 0 Å². The average molecular weight is 200 g/mol. The standard InChI is InChI=1S/C12H9NO2/c1-15-12-7-6-9-4-2-3-5-10(9)11(12)8-13-14/h2-7H,1H3/p+1. The third-order valence-corrected chi connectivity index (χ3v) is 2.27. The van der Waals surface area contributed by atoms with Crippen LogP contribution in [0.4, 0.5) is 0 Å². The number of rotatable bonds is 1. The van der Waals surface area contributed by atoms with Gasteiger partial charge in [0.05, 0.1) is 7.11 Å². The monoisotopic (exact) mass is 200 g/mol. The molecule has 0 unspecified atom stereocenters. The molecule has 0 heterocycles. The largest absolute Gasteiger partial charge is 0.495 e. The maximum atomic E-state index is 8.56. The zero-order valence-corrected chi connectivity index (χ0v) is 8.27. The van der Waals surface area contributed by atoms with E-state index in [0.717, 1.165) is 10.8 Å². The number of methoxy groups -OCH3 is 1. The summed E-state index contributed by atoms with van der Waals surface area (Å²) < 4.78 is 5.17. The van der Waals surface area contributed by atoms with Crippen LogP contribution in [0.25, 0.3) is 15.8 Å². The summed E-state index contributed by atoms with van der Waals surface area (Å²) in [7, 11) is 1.58. The van der Waals surface area contributed by atoms with E-state index in [-0.39, 0.29) is 0 Å². The van der Waals surface area contributed by atoms with Gasteiger partial charge in [0.25, 0.3) is 0 Å². The highest BCUT2D eigenvalue weighted by Gasteiger charge is 2.11. The van der Waals surface area contributed by atoms with Gasteiger partial charge in [0, 0.05) is 5.39 Å². The molecule has 0 aromatic heterocycles. The smallest absolute Gasteiger partial charge is 0.392 e. The quantitative estimate of drug-likeness (QED) is 0.718. The summed E-state index contributed by atoms with van der Waals surface area (Å²) >= 11 is 0. The summed E-state index contributed by atoms with van der Waals surface area (Å²) in [5, 5.41) is 13.5. The third kappa shape index (κ3) is 1.57. The molecule has 0 radical (unpaired) electrons. The van der Waals surface area contributed by atoms with Gasteiger partial charge in [-0.2, -0.15) is 5.21 Å². The van der Waals surface area contributed by atoms with Crippen molar-refractivity contribution in [2.24, 2.45) is 0 Å². The Bertz CT molecular complexity index is 552. The first kappa shape index (κ1) is 9.35. The lowest BCUT2D eigenvalue weighted by molar-refractivity contribution is 0.414. The fraction of sp³-hybridized carbons (Fsp3) is 0.0833. The van der Waals surface area contributed by atoms with Crippen molar-refractivity contribution in [1.82, 2.24) is 0 Å². The van der Waals surface area contributed by atoms with Crippen molar-refractivity contribution in [3.63, 3.8) is 0 Å². The van der Waals surface area contributed by atoms with E-state index in [1.807, 2.05) is 36.4 Å². The summed E-state index contributed by atoms with van der Waals surface area (Å²) in [6.45, 7) is 0. The van der Waals surface area contributed by atoms with Crippen molar-refractivity contribution in [2.75, 3.05) is 7.11 Å². The second-order valence-corrected chi connectivity index (χ2v) is 3.08. The van der Waals surface area contributed by atoms with Gasteiger partial charge in [0.1, 0.15) is 5.75 Å². The second-order valence-electron chi connectivity index (χ2n) is 3.08. The molecule has 3 heteroatoms. The maximum absolute atomic E-state index is 8.56. The summed E-state index contributed by atoms with van der Waals surface area (Å²) in [4.78, 5) is 0. The predicted molar refractivity (Wildman–Crippen MR) is 58.6 cm³/mol. The van der Waals surface area contributed by atoms with E-state index in [1.165, 1.54) is 0 Å². The highest BCUT2D eigenvalue weighted by atomic mass is 16.5. The Balaban J connectivity index is 2.82. The van der Waals surface area contributed by atoms with E-state index >= 15 is 0 Å². The molecule has 0 bridgehead atoms. The van der Waals surface area contributed by atoms with Crippen LogP contribution in [0, 0.1) is 6.07 Å². The molecule has 3 nitrogen and oxygen atoms in total. The van der Waals surface area contributed by atoms with Crippen LogP contribution in [0.1, 0.15) is 5.56 Å². The fourth-order valence-corrected chi connectivity index (χ4v) is 1.59. The lowest BCUT2D eigenvalue weighted by Gasteiger charge is -2.03. The molecule has 0 amide bonds. The zero-order chi connectivity index (χ0) is 10.7. The zero-order valence-electron chi connectivity index (χ0n) is 8.27. The Hall–Kier alpha value is -2.21. The second kappa shape index (κ2) is 3.89. The lowest BCUT2D eigenvalue weighted by Crippen LogP contribution is -1.88. The van der Waals surface area contributed by atoms with Gasteiger partial charge in [-0.3, -0.25) is 0 Å². The lowest BCUT2D eigenvalue weighted by atomic mass is 10.0. The Labute approximate surface area is 87.3 Å². The van der Waals surface area contributed by atoms with Gasteiger partial charge >= 0.3 is 6.07 Å². The van der Waals surface area contributed by atoms with E-state index in [0.29, 0.717) is 11.3 Å². The first-order valence-electron chi connectivity index (χ1n) is 4.52. The van der Waals surface area contributed by atoms with Crippen molar-refractivity contribution < 1.29 is 9.94 Å². The molecule has 0 saturated heterocycles. The first-order valence-corrected chi connectivity index (χ1v) is 4.52. The van der Waals surface area contributed by atoms with E-state index in [1.54, 1.807) is 7.11 Å². The highest BCUT2D eigenvalue weighted by Crippen LogP contribution is 2.26. The van der Waals surface area contributed by atoms with Gasteiger partial charge in [-0.05, 0) is 11.5 Å². The topological polar surface area (TPSA) is 33.8 Å². The molecule has 0 saturated carbocycles. The Morgan fingerprint density at radius 3 is 2.73 bits per heavy atom. The normalized spacial score (nSPS) is 9.40. The van der Waals surface area contributed by atoms with Crippen LogP contribution in [0.15, 0.2) is 36.4 Å². The summed E-state index contributed by atoms with van der Waals surface area (Å²) in [5.74, 6) is 0.645. The number of benzene rings is 2. The number of nitrogens with zero attached hydrogens (tertiary/aromatic N) is 1. The molecule has 74 valence electrons. The molecule has 15 heavy (non-hydrogen) atoms. The Morgan fingerprint density at radius 1 is 1.20 bits per heavy atom. The van der Waals surface area contributed by atoms with Gasteiger partial charge in [-0.1, -0.05) is 30.3 Å². The van der Waals surface area contributed by atoms with E-state index in [2.05, 4.69) is 11.1 Å².